The molecule has 0 atom stereocenters. The third-order valence-corrected chi connectivity index (χ3v) is 2.89. The predicted octanol–water partition coefficient (Wildman–Crippen LogP) is 2.88. The standard InChI is InChI=1S/C13H14ClF2NO4/c1-2-17(6-5-11(18)19)12(20)9-7-8(14)3-4-10(9)21-13(15)16/h3-4,7,13H,2,5-6H2,1H3,(H,18,19). The molecule has 5 nitrogen and oxygen atoms in total. The van der Waals surface area contributed by atoms with Crippen LogP contribution in [-0.2, 0) is 4.79 Å². The molecule has 1 N–H and O–H groups in total. The second kappa shape index (κ2) is 7.78. The first-order valence-corrected chi connectivity index (χ1v) is 6.48. The van der Waals surface area contributed by atoms with Gasteiger partial charge in [-0.2, -0.15) is 8.78 Å². The van der Waals surface area contributed by atoms with E-state index in [-0.39, 0.29) is 35.8 Å². The number of nitrogens with zero attached hydrogens (tertiary/aromatic N) is 1. The van der Waals surface area contributed by atoms with Crippen molar-refractivity contribution >= 4 is 23.5 Å². The van der Waals surface area contributed by atoms with Gasteiger partial charge >= 0.3 is 12.6 Å². The van der Waals surface area contributed by atoms with E-state index in [2.05, 4.69) is 4.74 Å². The fraction of sp³-hybridized carbons (Fsp3) is 0.385. The van der Waals surface area contributed by atoms with E-state index >= 15 is 0 Å². The van der Waals surface area contributed by atoms with Crippen LogP contribution < -0.4 is 4.74 Å². The number of rotatable bonds is 7. The van der Waals surface area contributed by atoms with Crippen LogP contribution in [0, 0.1) is 0 Å². The van der Waals surface area contributed by atoms with E-state index in [0.29, 0.717) is 0 Å². The highest BCUT2D eigenvalue weighted by Crippen LogP contribution is 2.26. The zero-order valence-corrected chi connectivity index (χ0v) is 11.9. The molecule has 8 heteroatoms. The molecule has 0 aliphatic heterocycles. The van der Waals surface area contributed by atoms with Gasteiger partial charge in [-0.15, -0.1) is 0 Å². The van der Waals surface area contributed by atoms with Crippen molar-refractivity contribution in [2.75, 3.05) is 13.1 Å². The Morgan fingerprint density at radius 1 is 1.43 bits per heavy atom. The Balaban J connectivity index is 3.02. The number of hydrogen-bond donors (Lipinski definition) is 1. The number of aliphatic carboxylic acids is 1. The van der Waals surface area contributed by atoms with Crippen LogP contribution in [0.1, 0.15) is 23.7 Å². The summed E-state index contributed by atoms with van der Waals surface area (Å²) in [7, 11) is 0. The van der Waals surface area contributed by atoms with Crippen LogP contribution in [0.5, 0.6) is 5.75 Å². The number of carbonyl (C=O) groups is 2. The molecule has 21 heavy (non-hydrogen) atoms. The molecule has 0 unspecified atom stereocenters. The van der Waals surface area contributed by atoms with Crippen LogP contribution in [0.2, 0.25) is 5.02 Å². The maximum Gasteiger partial charge on any atom is 0.387 e. The minimum atomic E-state index is -3.08. The Hall–Kier alpha value is -1.89. The summed E-state index contributed by atoms with van der Waals surface area (Å²) in [5.74, 6) is -1.97. The van der Waals surface area contributed by atoms with Crippen molar-refractivity contribution in [1.29, 1.82) is 0 Å². The lowest BCUT2D eigenvalue weighted by Crippen LogP contribution is -2.33. The molecule has 0 fully saturated rings. The van der Waals surface area contributed by atoms with E-state index in [0.717, 1.165) is 0 Å². The van der Waals surface area contributed by atoms with Gasteiger partial charge in [0.15, 0.2) is 0 Å². The molecule has 1 rings (SSSR count). The smallest absolute Gasteiger partial charge is 0.387 e. The summed E-state index contributed by atoms with van der Waals surface area (Å²) in [6, 6.07) is 3.71. The average molecular weight is 322 g/mol. The van der Waals surface area contributed by atoms with Crippen molar-refractivity contribution < 1.29 is 28.2 Å². The van der Waals surface area contributed by atoms with Gasteiger partial charge in [0.25, 0.3) is 5.91 Å². The van der Waals surface area contributed by atoms with E-state index < -0.39 is 18.5 Å². The van der Waals surface area contributed by atoms with Crippen LogP contribution >= 0.6 is 11.6 Å². The summed E-state index contributed by atoms with van der Waals surface area (Å²) in [5.41, 5.74) is -0.130. The van der Waals surface area contributed by atoms with Gasteiger partial charge in [-0.1, -0.05) is 11.6 Å². The summed E-state index contributed by atoms with van der Waals surface area (Å²) in [6.07, 6.45) is -0.245. The molecule has 0 aromatic heterocycles. The molecule has 1 amide bonds. The first-order valence-electron chi connectivity index (χ1n) is 6.10. The molecular weight excluding hydrogens is 308 g/mol. The van der Waals surface area contributed by atoms with Crippen LogP contribution in [-0.4, -0.2) is 41.6 Å². The topological polar surface area (TPSA) is 66.8 Å². The molecule has 0 heterocycles. The van der Waals surface area contributed by atoms with E-state index in [1.165, 1.54) is 23.1 Å². The Morgan fingerprint density at radius 2 is 2.10 bits per heavy atom. The van der Waals surface area contributed by atoms with Gasteiger partial charge in [-0.3, -0.25) is 9.59 Å². The fourth-order valence-corrected chi connectivity index (χ4v) is 1.84. The lowest BCUT2D eigenvalue weighted by atomic mass is 10.1. The number of alkyl halides is 2. The molecule has 1 aromatic rings. The number of amides is 1. The third-order valence-electron chi connectivity index (χ3n) is 2.65. The number of hydrogen-bond acceptors (Lipinski definition) is 3. The zero-order chi connectivity index (χ0) is 16.0. The third kappa shape index (κ3) is 5.18. The first-order chi connectivity index (χ1) is 9.85. The molecule has 0 radical (unpaired) electrons. The van der Waals surface area contributed by atoms with Gasteiger partial charge in [0, 0.05) is 18.1 Å². The molecular formula is C13H14ClF2NO4. The minimum absolute atomic E-state index is 0.0364. The first kappa shape index (κ1) is 17.2. The molecule has 0 spiro atoms. The fourth-order valence-electron chi connectivity index (χ4n) is 1.67. The van der Waals surface area contributed by atoms with Crippen molar-refractivity contribution in [1.82, 2.24) is 4.90 Å². The number of carboxylic acids is 1. The lowest BCUT2D eigenvalue weighted by Gasteiger charge is -2.21. The Morgan fingerprint density at radius 3 is 2.62 bits per heavy atom. The number of carbonyl (C=O) groups excluding carboxylic acids is 1. The van der Waals surface area contributed by atoms with Gasteiger partial charge in [-0.05, 0) is 25.1 Å². The number of ether oxygens (including phenoxy) is 1. The van der Waals surface area contributed by atoms with E-state index in [1.54, 1.807) is 6.92 Å². The van der Waals surface area contributed by atoms with Gasteiger partial charge in [-0.25, -0.2) is 0 Å². The van der Waals surface area contributed by atoms with E-state index in [9.17, 15) is 18.4 Å². The highest BCUT2D eigenvalue weighted by molar-refractivity contribution is 6.31. The summed E-state index contributed by atoms with van der Waals surface area (Å²) in [4.78, 5) is 24.1. The Kier molecular flexibility index (Phi) is 6.36. The van der Waals surface area contributed by atoms with Crippen molar-refractivity contribution in [3.05, 3.63) is 28.8 Å². The maximum atomic E-state index is 12.3. The number of benzene rings is 1. The molecule has 0 aliphatic carbocycles. The molecule has 1 aromatic carbocycles. The summed E-state index contributed by atoms with van der Waals surface area (Å²) in [6.45, 7) is -1.23. The highest BCUT2D eigenvalue weighted by atomic mass is 35.5. The Labute approximate surface area is 125 Å². The molecule has 0 bridgehead atoms. The summed E-state index contributed by atoms with van der Waals surface area (Å²) in [5, 5.41) is 8.83. The van der Waals surface area contributed by atoms with Crippen molar-refractivity contribution in [2.45, 2.75) is 20.0 Å². The van der Waals surface area contributed by atoms with Crippen LogP contribution in [0.4, 0.5) is 8.78 Å². The van der Waals surface area contributed by atoms with Crippen LogP contribution in [0.15, 0.2) is 18.2 Å². The summed E-state index contributed by atoms with van der Waals surface area (Å²) < 4.78 is 29.0. The van der Waals surface area contributed by atoms with E-state index in [1.807, 2.05) is 0 Å². The SMILES string of the molecule is CCN(CCC(=O)O)C(=O)c1cc(Cl)ccc1OC(F)F. The van der Waals surface area contributed by atoms with Crippen molar-refractivity contribution in [3.8, 4) is 5.75 Å². The quantitative estimate of drug-likeness (QED) is 0.838. The van der Waals surface area contributed by atoms with E-state index in [4.69, 9.17) is 16.7 Å². The predicted molar refractivity (Wildman–Crippen MR) is 71.9 cm³/mol. The monoisotopic (exact) mass is 321 g/mol. The number of halogens is 3. The second-order valence-corrected chi connectivity index (χ2v) is 4.48. The number of carboxylic acid groups (broad SMARTS) is 1. The van der Waals surface area contributed by atoms with Gasteiger partial charge in [0.05, 0.1) is 12.0 Å². The molecule has 0 saturated heterocycles. The summed E-state index contributed by atoms with van der Waals surface area (Å²) >= 11 is 5.76. The van der Waals surface area contributed by atoms with Crippen LogP contribution in [0.25, 0.3) is 0 Å². The van der Waals surface area contributed by atoms with Gasteiger partial charge < -0.3 is 14.7 Å². The zero-order valence-electron chi connectivity index (χ0n) is 11.2. The van der Waals surface area contributed by atoms with Crippen molar-refractivity contribution in [3.63, 3.8) is 0 Å². The largest absolute Gasteiger partial charge is 0.481 e. The second-order valence-electron chi connectivity index (χ2n) is 4.05. The molecule has 0 aliphatic rings. The average Bonchev–Trinajstić information content (AvgIpc) is 2.40. The molecule has 0 saturated carbocycles. The minimum Gasteiger partial charge on any atom is -0.481 e. The lowest BCUT2D eigenvalue weighted by molar-refractivity contribution is -0.137. The highest BCUT2D eigenvalue weighted by Gasteiger charge is 2.21. The normalized spacial score (nSPS) is 10.5. The van der Waals surface area contributed by atoms with Crippen LogP contribution in [0.3, 0.4) is 0 Å². The Bertz CT molecular complexity index is 525. The van der Waals surface area contributed by atoms with Gasteiger partial charge in [0.2, 0.25) is 0 Å². The van der Waals surface area contributed by atoms with Gasteiger partial charge in [0.1, 0.15) is 5.75 Å². The van der Waals surface area contributed by atoms with Crippen molar-refractivity contribution in [2.24, 2.45) is 0 Å². The molecule has 116 valence electrons. The maximum absolute atomic E-state index is 12.3.